The fourth-order valence-electron chi connectivity index (χ4n) is 2.41. The Morgan fingerprint density at radius 1 is 1.33 bits per heavy atom. The molecule has 0 bridgehead atoms. The van der Waals surface area contributed by atoms with Crippen molar-refractivity contribution in [2.24, 2.45) is 7.05 Å². The van der Waals surface area contributed by atoms with Crippen molar-refractivity contribution in [2.75, 3.05) is 0 Å². The molecule has 0 amide bonds. The number of carboxylic acids is 1. The van der Waals surface area contributed by atoms with Crippen molar-refractivity contribution in [3.8, 4) is 11.3 Å². The first-order valence-corrected chi connectivity index (χ1v) is 6.64. The zero-order valence-electron chi connectivity index (χ0n) is 12.0. The Bertz CT molecular complexity index is 830. The Labute approximate surface area is 121 Å². The van der Waals surface area contributed by atoms with Gasteiger partial charge in [0, 0.05) is 24.6 Å². The summed E-state index contributed by atoms with van der Waals surface area (Å²) in [5, 5.41) is 12.7. The van der Waals surface area contributed by atoms with E-state index in [1.165, 1.54) is 6.07 Å². The van der Waals surface area contributed by atoms with Crippen molar-refractivity contribution < 1.29 is 14.4 Å². The summed E-state index contributed by atoms with van der Waals surface area (Å²) in [7, 11) is 1.99. The number of hydrogen-bond donors (Lipinski definition) is 1. The second-order valence-corrected chi connectivity index (χ2v) is 5.27. The molecule has 6 nitrogen and oxygen atoms in total. The van der Waals surface area contributed by atoms with Crippen LogP contribution >= 0.6 is 0 Å². The molecular weight excluding hydrogens is 270 g/mol. The highest BCUT2D eigenvalue weighted by atomic mass is 16.5. The molecule has 0 fully saturated rings. The Morgan fingerprint density at radius 3 is 2.71 bits per heavy atom. The molecule has 6 heteroatoms. The lowest BCUT2D eigenvalue weighted by Crippen LogP contribution is -1.99. The van der Waals surface area contributed by atoms with Crippen LogP contribution in [0.25, 0.3) is 22.3 Å². The van der Waals surface area contributed by atoms with Gasteiger partial charge in [-0.3, -0.25) is 0 Å². The predicted molar refractivity (Wildman–Crippen MR) is 77.3 cm³/mol. The Kier molecular flexibility index (Phi) is 3.01. The van der Waals surface area contributed by atoms with E-state index in [0.717, 1.165) is 22.4 Å². The van der Waals surface area contributed by atoms with E-state index < -0.39 is 5.97 Å². The normalized spacial score (nSPS) is 11.4. The van der Waals surface area contributed by atoms with Gasteiger partial charge < -0.3 is 14.2 Å². The molecule has 2 heterocycles. The van der Waals surface area contributed by atoms with Gasteiger partial charge in [0.2, 0.25) is 5.76 Å². The number of nitrogens with zero attached hydrogens (tertiary/aromatic N) is 3. The fraction of sp³-hybridized carbons (Fsp3) is 0.267. The van der Waals surface area contributed by atoms with Gasteiger partial charge in [-0.05, 0) is 12.1 Å². The molecule has 0 saturated carbocycles. The average Bonchev–Trinajstić information content (AvgIpc) is 3.04. The summed E-state index contributed by atoms with van der Waals surface area (Å²) in [4.78, 5) is 15.5. The van der Waals surface area contributed by atoms with Gasteiger partial charge in [0.05, 0.1) is 11.0 Å². The Balaban J connectivity index is 2.10. The number of fused-ring (bicyclic) bond motifs is 1. The third-order valence-electron chi connectivity index (χ3n) is 3.45. The number of carboxylic acid groups (broad SMARTS) is 1. The van der Waals surface area contributed by atoms with Crippen molar-refractivity contribution in [1.82, 2.24) is 14.7 Å². The smallest absolute Gasteiger partial charge is 0.374 e. The van der Waals surface area contributed by atoms with Crippen LogP contribution in [0.1, 0.15) is 36.1 Å². The third-order valence-corrected chi connectivity index (χ3v) is 3.45. The Hall–Kier alpha value is -2.63. The maximum atomic E-state index is 10.8. The minimum Gasteiger partial charge on any atom is -0.475 e. The van der Waals surface area contributed by atoms with E-state index in [1.54, 1.807) is 0 Å². The lowest BCUT2D eigenvalue weighted by atomic mass is 10.1. The van der Waals surface area contributed by atoms with Crippen molar-refractivity contribution >= 4 is 17.0 Å². The summed E-state index contributed by atoms with van der Waals surface area (Å²) in [6.45, 7) is 4.19. The zero-order valence-corrected chi connectivity index (χ0v) is 12.0. The molecule has 0 saturated heterocycles. The molecule has 0 aliphatic rings. The maximum absolute atomic E-state index is 10.8. The van der Waals surface area contributed by atoms with Crippen molar-refractivity contribution in [3.05, 3.63) is 35.9 Å². The summed E-state index contributed by atoms with van der Waals surface area (Å²) in [5.41, 5.74) is 3.17. The molecule has 3 aromatic rings. The van der Waals surface area contributed by atoms with Gasteiger partial charge in [-0.15, -0.1) is 0 Å². The fourth-order valence-corrected chi connectivity index (χ4v) is 2.41. The number of rotatable bonds is 3. The molecule has 3 rings (SSSR count). The SMILES string of the molecule is CC(C)c1nc2cc(-c3cc(C(=O)O)on3)ccc2n1C. The summed E-state index contributed by atoms with van der Waals surface area (Å²) in [6.07, 6.45) is 0. The van der Waals surface area contributed by atoms with E-state index in [1.807, 2.05) is 25.2 Å². The van der Waals surface area contributed by atoms with Gasteiger partial charge >= 0.3 is 5.97 Å². The summed E-state index contributed by atoms with van der Waals surface area (Å²) >= 11 is 0. The van der Waals surface area contributed by atoms with Crippen LogP contribution in [0.2, 0.25) is 0 Å². The number of benzene rings is 1. The highest BCUT2D eigenvalue weighted by Gasteiger charge is 2.15. The quantitative estimate of drug-likeness (QED) is 0.799. The van der Waals surface area contributed by atoms with Crippen molar-refractivity contribution in [2.45, 2.75) is 19.8 Å². The largest absolute Gasteiger partial charge is 0.475 e. The van der Waals surface area contributed by atoms with Crippen LogP contribution in [0.4, 0.5) is 0 Å². The molecule has 21 heavy (non-hydrogen) atoms. The molecular formula is C15H15N3O3. The van der Waals surface area contributed by atoms with Gasteiger partial charge in [-0.25, -0.2) is 9.78 Å². The van der Waals surface area contributed by atoms with Gasteiger partial charge in [0.15, 0.2) is 0 Å². The standard InChI is InChI=1S/C15H15N3O3/c1-8(2)14-16-11-6-9(4-5-12(11)18(14)3)10-7-13(15(19)20)21-17-10/h4-8H,1-3H3,(H,19,20). The highest BCUT2D eigenvalue weighted by Crippen LogP contribution is 2.26. The second kappa shape index (κ2) is 4.73. The zero-order chi connectivity index (χ0) is 15.1. The molecule has 0 aliphatic carbocycles. The van der Waals surface area contributed by atoms with Gasteiger partial charge in [0.25, 0.3) is 0 Å². The summed E-state index contributed by atoms with van der Waals surface area (Å²) in [5.74, 6) is 0.0359. The highest BCUT2D eigenvalue weighted by molar-refractivity contribution is 5.87. The van der Waals surface area contributed by atoms with Crippen LogP contribution in [-0.4, -0.2) is 25.8 Å². The van der Waals surface area contributed by atoms with E-state index in [2.05, 4.69) is 28.6 Å². The van der Waals surface area contributed by atoms with Crippen LogP contribution in [0.3, 0.4) is 0 Å². The first-order chi connectivity index (χ1) is 9.97. The minimum atomic E-state index is -1.13. The van der Waals surface area contributed by atoms with Gasteiger partial charge in [0.1, 0.15) is 11.5 Å². The maximum Gasteiger partial charge on any atom is 0.374 e. The number of hydrogen-bond acceptors (Lipinski definition) is 4. The molecule has 0 aliphatic heterocycles. The molecule has 1 N–H and O–H groups in total. The topological polar surface area (TPSA) is 81.2 Å². The minimum absolute atomic E-state index is 0.172. The van der Waals surface area contributed by atoms with Crippen LogP contribution in [0.15, 0.2) is 28.8 Å². The van der Waals surface area contributed by atoms with Crippen LogP contribution in [0, 0.1) is 0 Å². The molecule has 0 radical (unpaired) electrons. The number of imidazole rings is 1. The number of aryl methyl sites for hydroxylation is 1. The molecule has 0 unspecified atom stereocenters. The van der Waals surface area contributed by atoms with E-state index in [-0.39, 0.29) is 5.76 Å². The number of aromatic nitrogens is 3. The van der Waals surface area contributed by atoms with E-state index >= 15 is 0 Å². The van der Waals surface area contributed by atoms with Gasteiger partial charge in [-0.1, -0.05) is 25.1 Å². The van der Waals surface area contributed by atoms with E-state index in [4.69, 9.17) is 9.63 Å². The van der Waals surface area contributed by atoms with E-state index in [0.29, 0.717) is 11.6 Å². The number of carbonyl (C=O) groups is 1. The average molecular weight is 285 g/mol. The first-order valence-electron chi connectivity index (χ1n) is 6.64. The van der Waals surface area contributed by atoms with Gasteiger partial charge in [-0.2, -0.15) is 0 Å². The van der Waals surface area contributed by atoms with E-state index in [9.17, 15) is 4.79 Å². The van der Waals surface area contributed by atoms with Crippen molar-refractivity contribution in [1.29, 1.82) is 0 Å². The van der Waals surface area contributed by atoms with Crippen LogP contribution in [0.5, 0.6) is 0 Å². The number of aromatic carboxylic acids is 1. The Morgan fingerprint density at radius 2 is 2.10 bits per heavy atom. The molecule has 2 aromatic heterocycles. The molecule has 108 valence electrons. The monoisotopic (exact) mass is 285 g/mol. The van der Waals surface area contributed by atoms with Crippen LogP contribution in [-0.2, 0) is 7.05 Å². The predicted octanol–water partition coefficient (Wildman–Crippen LogP) is 3.05. The lowest BCUT2D eigenvalue weighted by Gasteiger charge is -2.04. The lowest BCUT2D eigenvalue weighted by molar-refractivity contribution is 0.0652. The molecule has 1 aromatic carbocycles. The summed E-state index contributed by atoms with van der Waals surface area (Å²) in [6, 6.07) is 7.15. The first kappa shape index (κ1) is 13.4. The molecule has 0 atom stereocenters. The molecule has 0 spiro atoms. The third kappa shape index (κ3) is 2.18. The summed E-state index contributed by atoms with van der Waals surface area (Å²) < 4.78 is 6.85. The van der Waals surface area contributed by atoms with Crippen molar-refractivity contribution in [3.63, 3.8) is 0 Å². The van der Waals surface area contributed by atoms with Crippen LogP contribution < -0.4 is 0 Å². The second-order valence-electron chi connectivity index (χ2n) is 5.27.